The molecular formula is C15H29NO2. The molecule has 1 saturated heterocycles. The largest absolute Gasteiger partial charge is 0.481 e. The smallest absolute Gasteiger partial charge is 0.310 e. The topological polar surface area (TPSA) is 40.5 Å². The standard InChI is InChI=1S/C15H29NO2/c1-5-12(4)10-13(6-2)16-9-8-15(7-3,11-16)14(17)18/h12-13H,5-11H2,1-4H3,(H,17,18). The summed E-state index contributed by atoms with van der Waals surface area (Å²) in [6, 6.07) is 0.563. The van der Waals surface area contributed by atoms with Gasteiger partial charge in [-0.15, -0.1) is 0 Å². The van der Waals surface area contributed by atoms with Crippen LogP contribution in [0.1, 0.15) is 59.8 Å². The molecule has 106 valence electrons. The van der Waals surface area contributed by atoms with Gasteiger partial charge in [0.15, 0.2) is 0 Å². The van der Waals surface area contributed by atoms with Crippen molar-refractivity contribution in [2.75, 3.05) is 13.1 Å². The van der Waals surface area contributed by atoms with Crippen LogP contribution in [0, 0.1) is 11.3 Å². The Morgan fingerprint density at radius 1 is 1.33 bits per heavy atom. The van der Waals surface area contributed by atoms with Gasteiger partial charge in [0.05, 0.1) is 5.41 Å². The molecule has 0 aromatic rings. The highest BCUT2D eigenvalue weighted by Crippen LogP contribution is 2.36. The third kappa shape index (κ3) is 3.25. The average Bonchev–Trinajstić information content (AvgIpc) is 2.81. The Kier molecular flexibility index (Phi) is 5.64. The van der Waals surface area contributed by atoms with Crippen LogP contribution < -0.4 is 0 Å². The fourth-order valence-corrected chi connectivity index (χ4v) is 3.04. The fraction of sp³-hybridized carbons (Fsp3) is 0.933. The molecule has 1 heterocycles. The maximum Gasteiger partial charge on any atom is 0.310 e. The Morgan fingerprint density at radius 3 is 2.39 bits per heavy atom. The zero-order valence-corrected chi connectivity index (χ0v) is 12.4. The van der Waals surface area contributed by atoms with Gasteiger partial charge in [0.1, 0.15) is 0 Å². The lowest BCUT2D eigenvalue weighted by Gasteiger charge is -2.30. The van der Waals surface area contributed by atoms with E-state index in [0.29, 0.717) is 6.04 Å². The van der Waals surface area contributed by atoms with Crippen molar-refractivity contribution in [3.05, 3.63) is 0 Å². The van der Waals surface area contributed by atoms with Crippen molar-refractivity contribution in [3.8, 4) is 0 Å². The van der Waals surface area contributed by atoms with E-state index in [9.17, 15) is 9.90 Å². The second kappa shape index (κ2) is 6.55. The number of nitrogens with zero attached hydrogens (tertiary/aromatic N) is 1. The summed E-state index contributed by atoms with van der Waals surface area (Å²) < 4.78 is 0. The predicted octanol–water partition coefficient (Wildman–Crippen LogP) is 3.39. The van der Waals surface area contributed by atoms with Crippen molar-refractivity contribution in [1.29, 1.82) is 0 Å². The number of hydrogen-bond acceptors (Lipinski definition) is 2. The molecule has 0 amide bonds. The third-order valence-electron chi connectivity index (χ3n) is 4.87. The first kappa shape index (κ1) is 15.5. The number of rotatable bonds is 7. The van der Waals surface area contributed by atoms with Crippen LogP contribution in [-0.4, -0.2) is 35.1 Å². The second-order valence-electron chi connectivity index (χ2n) is 5.97. The molecule has 3 nitrogen and oxygen atoms in total. The second-order valence-corrected chi connectivity index (χ2v) is 5.97. The van der Waals surface area contributed by atoms with Crippen LogP contribution in [0.4, 0.5) is 0 Å². The van der Waals surface area contributed by atoms with Crippen LogP contribution >= 0.6 is 0 Å². The molecule has 0 radical (unpaired) electrons. The van der Waals surface area contributed by atoms with Crippen LogP contribution in [0.3, 0.4) is 0 Å². The van der Waals surface area contributed by atoms with Gasteiger partial charge in [0.2, 0.25) is 0 Å². The molecule has 18 heavy (non-hydrogen) atoms. The minimum atomic E-state index is -0.606. The quantitative estimate of drug-likeness (QED) is 0.758. The van der Waals surface area contributed by atoms with Crippen LogP contribution in [-0.2, 0) is 4.79 Å². The highest BCUT2D eigenvalue weighted by atomic mass is 16.4. The fourth-order valence-electron chi connectivity index (χ4n) is 3.04. The van der Waals surface area contributed by atoms with E-state index in [1.807, 2.05) is 6.92 Å². The lowest BCUT2D eigenvalue weighted by Crippen LogP contribution is -2.39. The number of carbonyl (C=O) groups is 1. The van der Waals surface area contributed by atoms with E-state index in [-0.39, 0.29) is 0 Å². The first-order chi connectivity index (χ1) is 8.49. The molecular weight excluding hydrogens is 226 g/mol. The Morgan fingerprint density at radius 2 is 2.00 bits per heavy atom. The summed E-state index contributed by atoms with van der Waals surface area (Å²) in [5.74, 6) is 0.127. The molecule has 0 aromatic carbocycles. The molecule has 0 spiro atoms. The zero-order chi connectivity index (χ0) is 13.8. The maximum atomic E-state index is 11.5. The minimum Gasteiger partial charge on any atom is -0.481 e. The van der Waals surface area contributed by atoms with Crippen LogP contribution in [0.25, 0.3) is 0 Å². The Bertz CT molecular complexity index is 280. The summed E-state index contributed by atoms with van der Waals surface area (Å²) in [5.41, 5.74) is -0.483. The summed E-state index contributed by atoms with van der Waals surface area (Å²) in [4.78, 5) is 13.9. The van der Waals surface area contributed by atoms with Crippen molar-refractivity contribution in [2.24, 2.45) is 11.3 Å². The average molecular weight is 255 g/mol. The van der Waals surface area contributed by atoms with Gasteiger partial charge < -0.3 is 5.11 Å². The van der Waals surface area contributed by atoms with Gasteiger partial charge in [-0.25, -0.2) is 0 Å². The monoisotopic (exact) mass is 255 g/mol. The molecule has 0 saturated carbocycles. The van der Waals surface area contributed by atoms with E-state index in [4.69, 9.17) is 0 Å². The minimum absolute atomic E-state index is 0.483. The number of aliphatic carboxylic acids is 1. The van der Waals surface area contributed by atoms with E-state index in [1.54, 1.807) is 0 Å². The number of carboxylic acids is 1. The van der Waals surface area contributed by atoms with Gasteiger partial charge in [-0.2, -0.15) is 0 Å². The van der Waals surface area contributed by atoms with E-state index >= 15 is 0 Å². The molecule has 1 N–H and O–H groups in total. The number of hydrogen-bond donors (Lipinski definition) is 1. The van der Waals surface area contributed by atoms with Crippen molar-refractivity contribution < 1.29 is 9.90 Å². The van der Waals surface area contributed by atoms with Crippen molar-refractivity contribution >= 4 is 5.97 Å². The lowest BCUT2D eigenvalue weighted by molar-refractivity contribution is -0.148. The lowest BCUT2D eigenvalue weighted by atomic mass is 9.84. The third-order valence-corrected chi connectivity index (χ3v) is 4.87. The van der Waals surface area contributed by atoms with Gasteiger partial charge in [0.25, 0.3) is 0 Å². The first-order valence-corrected chi connectivity index (χ1v) is 7.46. The van der Waals surface area contributed by atoms with Crippen LogP contribution in [0.2, 0.25) is 0 Å². The molecule has 1 rings (SSSR count). The Labute approximate surface area is 112 Å². The van der Waals surface area contributed by atoms with Crippen molar-refractivity contribution in [1.82, 2.24) is 4.90 Å². The molecule has 1 aliphatic heterocycles. The van der Waals surface area contributed by atoms with Crippen LogP contribution in [0.15, 0.2) is 0 Å². The number of carboxylic acid groups (broad SMARTS) is 1. The summed E-state index contributed by atoms with van der Waals surface area (Å²) in [6.45, 7) is 10.5. The predicted molar refractivity (Wildman–Crippen MR) is 74.7 cm³/mol. The zero-order valence-electron chi connectivity index (χ0n) is 12.4. The summed E-state index contributed by atoms with van der Waals surface area (Å²) in [6.07, 6.45) is 5.10. The van der Waals surface area contributed by atoms with Crippen molar-refractivity contribution in [2.45, 2.75) is 65.8 Å². The highest BCUT2D eigenvalue weighted by Gasteiger charge is 2.44. The van der Waals surface area contributed by atoms with Gasteiger partial charge >= 0.3 is 5.97 Å². The SMILES string of the molecule is CCC(C)CC(CC)N1CCC(CC)(C(=O)O)C1. The van der Waals surface area contributed by atoms with E-state index in [2.05, 4.69) is 25.7 Å². The van der Waals surface area contributed by atoms with E-state index in [1.165, 1.54) is 12.8 Å². The molecule has 3 atom stereocenters. The van der Waals surface area contributed by atoms with E-state index in [0.717, 1.165) is 38.3 Å². The molecule has 0 aliphatic carbocycles. The summed E-state index contributed by atoms with van der Waals surface area (Å²) in [7, 11) is 0. The summed E-state index contributed by atoms with van der Waals surface area (Å²) in [5, 5.41) is 9.44. The van der Waals surface area contributed by atoms with Crippen molar-refractivity contribution in [3.63, 3.8) is 0 Å². The molecule has 3 heteroatoms. The van der Waals surface area contributed by atoms with E-state index < -0.39 is 11.4 Å². The normalized spacial score (nSPS) is 28.2. The molecule has 3 unspecified atom stereocenters. The Hall–Kier alpha value is -0.570. The molecule has 1 fully saturated rings. The highest BCUT2D eigenvalue weighted by molar-refractivity contribution is 5.75. The maximum absolute atomic E-state index is 11.5. The molecule has 0 bridgehead atoms. The van der Waals surface area contributed by atoms with Crippen LogP contribution in [0.5, 0.6) is 0 Å². The van der Waals surface area contributed by atoms with Gasteiger partial charge in [0, 0.05) is 12.6 Å². The first-order valence-electron chi connectivity index (χ1n) is 7.46. The Balaban J connectivity index is 2.65. The molecule has 0 aromatic heterocycles. The number of likely N-dealkylation sites (tertiary alicyclic amines) is 1. The summed E-state index contributed by atoms with van der Waals surface area (Å²) >= 11 is 0. The molecule has 1 aliphatic rings. The van der Waals surface area contributed by atoms with Gasteiger partial charge in [-0.05, 0) is 38.1 Å². The van der Waals surface area contributed by atoms with Gasteiger partial charge in [-0.1, -0.05) is 34.1 Å². The van der Waals surface area contributed by atoms with Gasteiger partial charge in [-0.3, -0.25) is 9.69 Å².